The number of carbonyl (C=O) groups excluding carboxylic acids is 2. The third kappa shape index (κ3) is 2.19. The molecule has 0 saturated carbocycles. The van der Waals surface area contributed by atoms with E-state index in [0.29, 0.717) is 0 Å². The van der Waals surface area contributed by atoms with Gasteiger partial charge in [-0.1, -0.05) is 0 Å². The average Bonchev–Trinajstić information content (AvgIpc) is 2.54. The summed E-state index contributed by atoms with van der Waals surface area (Å²) in [6.07, 6.45) is 0.190. The highest BCUT2D eigenvalue weighted by molar-refractivity contribution is 6.19. The highest BCUT2D eigenvalue weighted by atomic mass is 16.7. The molecule has 3 atom stereocenters. The van der Waals surface area contributed by atoms with E-state index in [9.17, 15) is 19.8 Å². The third-order valence-corrected chi connectivity index (χ3v) is 4.71. The quantitative estimate of drug-likeness (QED) is 0.795. The maximum atomic E-state index is 12.9. The van der Waals surface area contributed by atoms with E-state index < -0.39 is 34.9 Å². The number of phenols is 2. The van der Waals surface area contributed by atoms with Crippen LogP contribution in [0, 0.1) is 11.8 Å². The number of aromatic hydroxyl groups is 2. The molecule has 1 aliphatic heterocycles. The minimum atomic E-state index is -0.967. The Morgan fingerprint density at radius 3 is 2.43 bits per heavy atom. The average molecular weight is 322 g/mol. The Bertz CT molecular complexity index is 696. The van der Waals surface area contributed by atoms with E-state index in [1.165, 1.54) is 14.2 Å². The van der Waals surface area contributed by atoms with Crippen molar-refractivity contribution >= 4 is 11.6 Å². The van der Waals surface area contributed by atoms with Gasteiger partial charge in [0.05, 0.1) is 30.8 Å². The van der Waals surface area contributed by atoms with Gasteiger partial charge in [0.1, 0.15) is 5.75 Å². The predicted octanol–water partition coefficient (Wildman–Crippen LogP) is 1.50. The van der Waals surface area contributed by atoms with Crippen molar-refractivity contribution in [2.24, 2.45) is 11.8 Å². The first-order chi connectivity index (χ1) is 10.8. The predicted molar refractivity (Wildman–Crippen MR) is 77.9 cm³/mol. The summed E-state index contributed by atoms with van der Waals surface area (Å²) < 4.78 is 15.8. The van der Waals surface area contributed by atoms with Gasteiger partial charge in [0.25, 0.3) is 0 Å². The van der Waals surface area contributed by atoms with Gasteiger partial charge in [0.15, 0.2) is 28.9 Å². The van der Waals surface area contributed by atoms with E-state index in [0.717, 1.165) is 6.07 Å². The van der Waals surface area contributed by atoms with E-state index in [1.807, 2.05) is 0 Å². The lowest BCUT2D eigenvalue weighted by molar-refractivity contribution is -0.244. The fourth-order valence-electron chi connectivity index (χ4n) is 3.31. The number of phenolic OH excluding ortho intramolecular Hbond substituents is 2. The Balaban J connectivity index is 2.15. The molecule has 7 nitrogen and oxygen atoms in total. The van der Waals surface area contributed by atoms with Gasteiger partial charge in [0.2, 0.25) is 0 Å². The Morgan fingerprint density at radius 1 is 1.17 bits per heavy atom. The maximum Gasteiger partial charge on any atom is 0.173 e. The number of carbonyl (C=O) groups is 2. The molecule has 124 valence electrons. The van der Waals surface area contributed by atoms with Crippen LogP contribution in [0.15, 0.2) is 6.07 Å². The van der Waals surface area contributed by atoms with E-state index in [4.69, 9.17) is 14.2 Å². The second-order valence-corrected chi connectivity index (χ2v) is 5.99. The van der Waals surface area contributed by atoms with Crippen LogP contribution >= 0.6 is 0 Å². The Labute approximate surface area is 132 Å². The van der Waals surface area contributed by atoms with Gasteiger partial charge >= 0.3 is 0 Å². The first-order valence-corrected chi connectivity index (χ1v) is 7.23. The van der Waals surface area contributed by atoms with Crippen LogP contribution in [0.5, 0.6) is 17.2 Å². The molecule has 0 spiro atoms. The molecule has 0 aromatic heterocycles. The summed E-state index contributed by atoms with van der Waals surface area (Å²) in [5.74, 6) is -4.04. The Kier molecular flexibility index (Phi) is 3.57. The Morgan fingerprint density at radius 2 is 1.83 bits per heavy atom. The lowest BCUT2D eigenvalue weighted by Crippen LogP contribution is -2.50. The molecule has 1 heterocycles. The summed E-state index contributed by atoms with van der Waals surface area (Å²) in [6, 6.07) is 1.13. The van der Waals surface area contributed by atoms with Crippen molar-refractivity contribution in [1.82, 2.24) is 0 Å². The van der Waals surface area contributed by atoms with Crippen molar-refractivity contribution in [2.75, 3.05) is 20.8 Å². The normalized spacial score (nSPS) is 29.9. The number of ketones is 2. The Hall–Kier alpha value is -2.12. The number of methoxy groups -OCH3 is 2. The maximum absolute atomic E-state index is 12.9. The molecule has 0 amide bonds. The SMILES string of the molecule is COc1cc(O)c2c(c1O)C(=O)[C@@H]1C[C@@](C)(OC)OC[C@H]1C2=O. The molecule has 1 aromatic rings. The van der Waals surface area contributed by atoms with Crippen LogP contribution in [0.25, 0.3) is 0 Å². The first kappa shape index (κ1) is 15.8. The highest BCUT2D eigenvalue weighted by Crippen LogP contribution is 2.48. The van der Waals surface area contributed by atoms with E-state index in [-0.39, 0.29) is 35.7 Å². The number of hydrogen-bond acceptors (Lipinski definition) is 7. The minimum absolute atomic E-state index is 0.0191. The molecule has 2 N–H and O–H groups in total. The summed E-state index contributed by atoms with van der Waals surface area (Å²) in [6.45, 7) is 1.71. The van der Waals surface area contributed by atoms with E-state index in [2.05, 4.69) is 0 Å². The molecular formula is C16H18O7. The van der Waals surface area contributed by atoms with E-state index in [1.54, 1.807) is 6.92 Å². The monoisotopic (exact) mass is 322 g/mol. The van der Waals surface area contributed by atoms with Crippen LogP contribution in [0.3, 0.4) is 0 Å². The number of hydrogen-bond donors (Lipinski definition) is 2. The second kappa shape index (κ2) is 5.21. The minimum Gasteiger partial charge on any atom is -0.507 e. The summed E-state index contributed by atoms with van der Waals surface area (Å²) >= 11 is 0. The van der Waals surface area contributed by atoms with E-state index >= 15 is 0 Å². The molecule has 1 aliphatic carbocycles. The summed E-state index contributed by atoms with van der Waals surface area (Å²) in [4.78, 5) is 25.5. The zero-order valence-electron chi connectivity index (χ0n) is 13.1. The molecule has 1 fully saturated rings. The van der Waals surface area contributed by atoms with Crippen LogP contribution < -0.4 is 4.74 Å². The van der Waals surface area contributed by atoms with Gasteiger partial charge in [-0.25, -0.2) is 0 Å². The van der Waals surface area contributed by atoms with Gasteiger partial charge in [-0.3, -0.25) is 9.59 Å². The lowest BCUT2D eigenvalue weighted by atomic mass is 9.70. The zero-order valence-corrected chi connectivity index (χ0v) is 13.1. The molecule has 7 heteroatoms. The van der Waals surface area contributed by atoms with Crippen molar-refractivity contribution in [2.45, 2.75) is 19.1 Å². The summed E-state index contributed by atoms with van der Waals surface area (Å²) in [5.41, 5.74) is -0.354. The molecule has 1 saturated heterocycles. The second-order valence-electron chi connectivity index (χ2n) is 5.99. The van der Waals surface area contributed by atoms with Crippen LogP contribution in [-0.2, 0) is 9.47 Å². The number of ether oxygens (including phenoxy) is 3. The van der Waals surface area contributed by atoms with Crippen molar-refractivity contribution in [3.05, 3.63) is 17.2 Å². The zero-order chi connectivity index (χ0) is 16.9. The molecule has 1 aromatic carbocycles. The largest absolute Gasteiger partial charge is 0.507 e. The molecule has 0 radical (unpaired) electrons. The van der Waals surface area contributed by atoms with Gasteiger partial charge in [-0.2, -0.15) is 0 Å². The van der Waals surface area contributed by atoms with Gasteiger partial charge in [0, 0.05) is 25.5 Å². The van der Waals surface area contributed by atoms with Crippen molar-refractivity contribution in [1.29, 1.82) is 0 Å². The van der Waals surface area contributed by atoms with Crippen LogP contribution in [0.1, 0.15) is 34.1 Å². The van der Waals surface area contributed by atoms with Crippen LogP contribution in [-0.4, -0.2) is 48.4 Å². The van der Waals surface area contributed by atoms with Gasteiger partial charge in [-0.05, 0) is 6.92 Å². The standard InChI is InChI=1S/C16H18O7/c1-16(22-3)5-7-8(6-23-16)14(19)11-9(17)4-10(21-2)15(20)12(11)13(7)18/h4,7-8,17,20H,5-6H2,1-3H3/t7-,8-,16+/m1/s1. The molecule has 0 unspecified atom stereocenters. The van der Waals surface area contributed by atoms with Gasteiger partial charge in [-0.15, -0.1) is 0 Å². The number of benzene rings is 1. The van der Waals surface area contributed by atoms with Crippen molar-refractivity contribution in [3.63, 3.8) is 0 Å². The molecule has 2 aliphatic rings. The topological polar surface area (TPSA) is 102 Å². The molecular weight excluding hydrogens is 304 g/mol. The summed E-state index contributed by atoms with van der Waals surface area (Å²) in [5, 5.41) is 20.3. The molecule has 3 rings (SSSR count). The van der Waals surface area contributed by atoms with Gasteiger partial charge < -0.3 is 24.4 Å². The third-order valence-electron chi connectivity index (χ3n) is 4.71. The van der Waals surface area contributed by atoms with Crippen LogP contribution in [0.2, 0.25) is 0 Å². The van der Waals surface area contributed by atoms with Crippen molar-refractivity contribution < 1.29 is 34.0 Å². The number of fused-ring (bicyclic) bond motifs is 2. The first-order valence-electron chi connectivity index (χ1n) is 7.23. The number of rotatable bonds is 2. The lowest BCUT2D eigenvalue weighted by Gasteiger charge is -2.42. The van der Waals surface area contributed by atoms with Crippen LogP contribution in [0.4, 0.5) is 0 Å². The smallest absolute Gasteiger partial charge is 0.173 e. The molecule has 0 bridgehead atoms. The highest BCUT2D eigenvalue weighted by Gasteiger charge is 2.51. The van der Waals surface area contributed by atoms with Crippen molar-refractivity contribution in [3.8, 4) is 17.2 Å². The fourth-order valence-corrected chi connectivity index (χ4v) is 3.31. The summed E-state index contributed by atoms with van der Waals surface area (Å²) in [7, 11) is 2.77. The fraction of sp³-hybridized carbons (Fsp3) is 0.500. The number of Topliss-reactive ketones (excluding diaryl/α,β-unsaturated/α-hetero) is 2. The molecule has 23 heavy (non-hydrogen) atoms.